The summed E-state index contributed by atoms with van der Waals surface area (Å²) in [5.74, 6) is 2.07. The van der Waals surface area contributed by atoms with E-state index in [1.807, 2.05) is 37.1 Å². The number of aryl methyl sites for hydroxylation is 2. The highest BCUT2D eigenvalue weighted by Gasteiger charge is 2.51. The van der Waals surface area contributed by atoms with Gasteiger partial charge in [0.05, 0.1) is 24.5 Å². The van der Waals surface area contributed by atoms with E-state index in [4.69, 9.17) is 9.15 Å². The van der Waals surface area contributed by atoms with E-state index >= 15 is 0 Å². The summed E-state index contributed by atoms with van der Waals surface area (Å²) in [5, 5.41) is 0. The highest BCUT2D eigenvalue weighted by Crippen LogP contribution is 2.47. The molecular formula is C23H26N4O3. The molecule has 0 bridgehead atoms. The number of amides is 1. The molecule has 156 valence electrons. The van der Waals surface area contributed by atoms with Gasteiger partial charge in [-0.1, -0.05) is 0 Å². The van der Waals surface area contributed by atoms with E-state index in [9.17, 15) is 4.79 Å². The van der Waals surface area contributed by atoms with Gasteiger partial charge in [-0.2, -0.15) is 0 Å². The summed E-state index contributed by atoms with van der Waals surface area (Å²) in [6.07, 6.45) is 4.71. The van der Waals surface area contributed by atoms with Crippen LogP contribution < -0.4 is 4.90 Å². The van der Waals surface area contributed by atoms with E-state index in [1.165, 1.54) is 0 Å². The second-order valence-corrected chi connectivity index (χ2v) is 8.11. The second kappa shape index (κ2) is 7.02. The lowest BCUT2D eigenvalue weighted by Gasteiger charge is -2.47. The van der Waals surface area contributed by atoms with E-state index in [0.29, 0.717) is 25.5 Å². The lowest BCUT2D eigenvalue weighted by Crippen LogP contribution is -2.53. The van der Waals surface area contributed by atoms with Crippen LogP contribution in [0.1, 0.15) is 34.0 Å². The minimum Gasteiger partial charge on any atom is -0.456 e. The van der Waals surface area contributed by atoms with Crippen LogP contribution in [0.5, 0.6) is 0 Å². The number of carbonyl (C=O) groups excluding carboxylic acids is 1. The van der Waals surface area contributed by atoms with Gasteiger partial charge in [0.1, 0.15) is 11.3 Å². The van der Waals surface area contributed by atoms with Crippen LogP contribution in [0.15, 0.2) is 47.1 Å². The Morgan fingerprint density at radius 2 is 2.17 bits per heavy atom. The number of furan rings is 1. The number of ether oxygens (including phenoxy) is 1. The first-order valence-corrected chi connectivity index (χ1v) is 10.3. The number of hydrogen-bond acceptors (Lipinski definition) is 5. The zero-order valence-electron chi connectivity index (χ0n) is 17.6. The lowest BCUT2D eigenvalue weighted by molar-refractivity contribution is 0.0748. The summed E-state index contributed by atoms with van der Waals surface area (Å²) in [4.78, 5) is 22.2. The van der Waals surface area contributed by atoms with Gasteiger partial charge >= 0.3 is 0 Å². The molecule has 3 aromatic heterocycles. The molecule has 1 fully saturated rings. The molecule has 1 atom stereocenters. The number of aromatic nitrogens is 2. The third-order valence-corrected chi connectivity index (χ3v) is 6.46. The first-order valence-electron chi connectivity index (χ1n) is 10.3. The monoisotopic (exact) mass is 406 g/mol. The van der Waals surface area contributed by atoms with Crippen molar-refractivity contribution in [1.29, 1.82) is 0 Å². The highest BCUT2D eigenvalue weighted by molar-refractivity contribution is 5.92. The fraction of sp³-hybridized carbons (Fsp3) is 0.391. The topological polar surface area (TPSA) is 63.7 Å². The zero-order valence-corrected chi connectivity index (χ0v) is 17.6. The summed E-state index contributed by atoms with van der Waals surface area (Å²) in [6.45, 7) is 6.44. The normalized spacial score (nSPS) is 20.0. The number of likely N-dealkylation sites (tertiary alicyclic amines) is 1. The molecule has 0 N–H and O–H groups in total. The Morgan fingerprint density at radius 1 is 1.30 bits per heavy atom. The number of fused-ring (bicyclic) bond motifs is 4. The molecule has 0 aliphatic carbocycles. The van der Waals surface area contributed by atoms with Crippen molar-refractivity contribution in [3.63, 3.8) is 0 Å². The predicted octanol–water partition coefficient (Wildman–Crippen LogP) is 3.29. The summed E-state index contributed by atoms with van der Waals surface area (Å²) >= 11 is 0. The van der Waals surface area contributed by atoms with Gasteiger partial charge in [0, 0.05) is 32.6 Å². The molecule has 5 rings (SSSR count). The van der Waals surface area contributed by atoms with Gasteiger partial charge in [-0.25, -0.2) is 4.98 Å². The second-order valence-electron chi connectivity index (χ2n) is 8.11. The van der Waals surface area contributed by atoms with Gasteiger partial charge < -0.3 is 23.5 Å². The van der Waals surface area contributed by atoms with Crippen LogP contribution in [0, 0.1) is 13.8 Å². The van der Waals surface area contributed by atoms with Gasteiger partial charge in [-0.3, -0.25) is 4.79 Å². The van der Waals surface area contributed by atoms with Crippen LogP contribution >= 0.6 is 0 Å². The summed E-state index contributed by atoms with van der Waals surface area (Å²) in [7, 11) is 1.72. The molecule has 2 aliphatic rings. The molecular weight excluding hydrogens is 380 g/mol. The van der Waals surface area contributed by atoms with E-state index < -0.39 is 0 Å². The number of methoxy groups -OCH3 is 1. The highest BCUT2D eigenvalue weighted by atomic mass is 16.5. The molecule has 1 spiro atoms. The molecule has 0 radical (unpaired) electrons. The van der Waals surface area contributed by atoms with Crippen molar-refractivity contribution in [3.05, 3.63) is 65.5 Å². The third kappa shape index (κ3) is 2.69. The summed E-state index contributed by atoms with van der Waals surface area (Å²) in [5.41, 5.74) is 2.90. The van der Waals surface area contributed by atoms with Gasteiger partial charge in [0.2, 0.25) is 0 Å². The van der Waals surface area contributed by atoms with E-state index in [1.54, 1.807) is 7.11 Å². The fourth-order valence-electron chi connectivity index (χ4n) is 4.85. The third-order valence-electron chi connectivity index (χ3n) is 6.46. The Labute approximate surface area is 175 Å². The molecule has 7 heteroatoms. The predicted molar refractivity (Wildman–Crippen MR) is 113 cm³/mol. The average molecular weight is 406 g/mol. The molecule has 0 aromatic carbocycles. The average Bonchev–Trinajstić information content (AvgIpc) is 3.48. The van der Waals surface area contributed by atoms with E-state index in [2.05, 4.69) is 38.8 Å². The van der Waals surface area contributed by atoms with Crippen molar-refractivity contribution in [2.75, 3.05) is 38.3 Å². The largest absolute Gasteiger partial charge is 0.456 e. The minimum absolute atomic E-state index is 0.0511. The van der Waals surface area contributed by atoms with E-state index in [0.717, 1.165) is 41.5 Å². The van der Waals surface area contributed by atoms with Crippen molar-refractivity contribution in [2.45, 2.75) is 25.8 Å². The summed E-state index contributed by atoms with van der Waals surface area (Å²) in [6, 6.07) is 10.1. The molecule has 2 aliphatic heterocycles. The van der Waals surface area contributed by atoms with Crippen LogP contribution in [0.3, 0.4) is 0 Å². The molecule has 1 amide bonds. The van der Waals surface area contributed by atoms with Crippen LogP contribution in [-0.2, 0) is 10.3 Å². The maximum atomic E-state index is 13.2. The lowest BCUT2D eigenvalue weighted by atomic mass is 9.89. The van der Waals surface area contributed by atoms with Crippen LogP contribution in [0.25, 0.3) is 5.82 Å². The number of pyridine rings is 1. The first-order chi connectivity index (χ1) is 14.5. The number of rotatable bonds is 4. The molecule has 1 saturated heterocycles. The van der Waals surface area contributed by atoms with Gasteiger partial charge in [0.25, 0.3) is 5.91 Å². The number of carbonyl (C=O) groups is 1. The maximum absolute atomic E-state index is 13.2. The van der Waals surface area contributed by atoms with Gasteiger partial charge in [-0.05, 0) is 56.2 Å². The van der Waals surface area contributed by atoms with Gasteiger partial charge in [-0.15, -0.1) is 0 Å². The smallest absolute Gasteiger partial charge is 0.289 e. The Hall–Kier alpha value is -3.06. The Morgan fingerprint density at radius 3 is 2.93 bits per heavy atom. The molecule has 1 unspecified atom stereocenters. The standard InChI is InChI=1S/C23H26N4O3/c1-16-14-19(30-17(16)2)22(28)25-11-8-23(15-25)20-7-5-10-26(20)21-18(6-4-9-24-21)27(23)12-13-29-3/h4-7,9-10,14H,8,11-13,15H2,1-3H3. The molecule has 3 aromatic rings. The number of hydrogen-bond donors (Lipinski definition) is 0. The molecule has 30 heavy (non-hydrogen) atoms. The van der Waals surface area contributed by atoms with Crippen LogP contribution in [-0.4, -0.2) is 53.7 Å². The van der Waals surface area contributed by atoms with Crippen molar-refractivity contribution in [1.82, 2.24) is 14.5 Å². The van der Waals surface area contributed by atoms with Crippen molar-refractivity contribution in [2.24, 2.45) is 0 Å². The van der Waals surface area contributed by atoms with Crippen molar-refractivity contribution >= 4 is 11.6 Å². The minimum atomic E-state index is -0.329. The maximum Gasteiger partial charge on any atom is 0.289 e. The quantitative estimate of drug-likeness (QED) is 0.665. The van der Waals surface area contributed by atoms with Gasteiger partial charge in [0.15, 0.2) is 11.6 Å². The summed E-state index contributed by atoms with van der Waals surface area (Å²) < 4.78 is 13.3. The SMILES string of the molecule is COCCN1c2cccnc2-n2cccc2C12CCN(C(=O)c1cc(C)c(C)o1)C2. The fourth-order valence-corrected chi connectivity index (χ4v) is 4.85. The van der Waals surface area contributed by atoms with Crippen LogP contribution in [0.4, 0.5) is 5.69 Å². The number of nitrogens with zero attached hydrogens (tertiary/aromatic N) is 4. The molecule has 7 nitrogen and oxygen atoms in total. The molecule has 0 saturated carbocycles. The first kappa shape index (κ1) is 18.9. The Balaban J connectivity index is 1.56. The van der Waals surface area contributed by atoms with Crippen molar-refractivity contribution in [3.8, 4) is 5.82 Å². The Kier molecular flexibility index (Phi) is 4.43. The zero-order chi connectivity index (χ0) is 20.9. The number of anilines is 1. The Bertz CT molecular complexity index is 1080. The molecule has 5 heterocycles. The van der Waals surface area contributed by atoms with Crippen molar-refractivity contribution < 1.29 is 13.9 Å². The van der Waals surface area contributed by atoms with Crippen LogP contribution in [0.2, 0.25) is 0 Å². The van der Waals surface area contributed by atoms with E-state index in [-0.39, 0.29) is 11.4 Å².